The van der Waals surface area contributed by atoms with Gasteiger partial charge >= 0.3 is 0 Å². The van der Waals surface area contributed by atoms with E-state index in [1.807, 2.05) is 16.6 Å². The predicted octanol–water partition coefficient (Wildman–Crippen LogP) is 1.06. The summed E-state index contributed by atoms with van der Waals surface area (Å²) in [4.78, 5) is 13.5. The second kappa shape index (κ2) is 6.33. The van der Waals surface area contributed by atoms with Gasteiger partial charge in [-0.2, -0.15) is 9.50 Å². The summed E-state index contributed by atoms with van der Waals surface area (Å²) in [6.07, 6.45) is 2.57. The molecule has 3 aromatic rings. The molecule has 9 nitrogen and oxygen atoms in total. The standard InChI is InChI=1S/C18H22N8O/c1-3-14-21-22-15-4-5-16(23-26(14)15)24-8-12-10-25(11-13(12)9-24)18-19-7-6-17(20-18)27-2/h4-7,12-13H,3,8-11H2,1-2H3. The number of hydrogen-bond acceptors (Lipinski definition) is 8. The Hall–Kier alpha value is -2.97. The molecule has 0 radical (unpaired) electrons. The molecule has 3 aromatic heterocycles. The van der Waals surface area contributed by atoms with Crippen LogP contribution in [0.1, 0.15) is 12.7 Å². The molecular formula is C18H22N8O. The van der Waals surface area contributed by atoms with Gasteiger partial charge in [0.05, 0.1) is 7.11 Å². The van der Waals surface area contributed by atoms with E-state index in [0.29, 0.717) is 17.7 Å². The van der Waals surface area contributed by atoms with Crippen LogP contribution in [0.5, 0.6) is 5.88 Å². The van der Waals surface area contributed by atoms with E-state index >= 15 is 0 Å². The average molecular weight is 366 g/mol. The molecule has 2 aliphatic heterocycles. The SMILES string of the molecule is CCc1nnc2ccc(N3CC4CN(c5nccc(OC)n5)CC4C3)nn12. The van der Waals surface area contributed by atoms with Crippen LogP contribution < -0.4 is 14.5 Å². The molecule has 27 heavy (non-hydrogen) atoms. The van der Waals surface area contributed by atoms with Gasteiger partial charge in [0.15, 0.2) is 11.5 Å². The summed E-state index contributed by atoms with van der Waals surface area (Å²) in [6.45, 7) is 5.98. The summed E-state index contributed by atoms with van der Waals surface area (Å²) in [5.41, 5.74) is 0.802. The van der Waals surface area contributed by atoms with Crippen molar-refractivity contribution in [1.29, 1.82) is 0 Å². The van der Waals surface area contributed by atoms with Gasteiger partial charge in [0, 0.05) is 56.7 Å². The third-order valence-electron chi connectivity index (χ3n) is 5.55. The van der Waals surface area contributed by atoms with E-state index in [-0.39, 0.29) is 0 Å². The number of methoxy groups -OCH3 is 1. The van der Waals surface area contributed by atoms with Gasteiger partial charge in [0.1, 0.15) is 5.82 Å². The number of aryl methyl sites for hydroxylation is 1. The Morgan fingerprint density at radius 1 is 1.04 bits per heavy atom. The van der Waals surface area contributed by atoms with Gasteiger partial charge in [0.25, 0.3) is 0 Å². The van der Waals surface area contributed by atoms with E-state index in [0.717, 1.165) is 55.8 Å². The highest BCUT2D eigenvalue weighted by molar-refractivity contribution is 5.47. The Labute approximate surface area is 157 Å². The maximum absolute atomic E-state index is 5.22. The normalized spacial score (nSPS) is 21.9. The van der Waals surface area contributed by atoms with E-state index in [1.165, 1.54) is 0 Å². The smallest absolute Gasteiger partial charge is 0.228 e. The zero-order chi connectivity index (χ0) is 18.4. The molecule has 0 aromatic carbocycles. The molecule has 5 rings (SSSR count). The number of rotatable bonds is 4. The van der Waals surface area contributed by atoms with Crippen LogP contribution in [0.2, 0.25) is 0 Å². The van der Waals surface area contributed by atoms with E-state index in [1.54, 1.807) is 19.4 Å². The fourth-order valence-corrected chi connectivity index (χ4v) is 4.15. The van der Waals surface area contributed by atoms with Crippen molar-refractivity contribution in [2.24, 2.45) is 11.8 Å². The first kappa shape index (κ1) is 16.2. The largest absolute Gasteiger partial charge is 0.481 e. The van der Waals surface area contributed by atoms with Gasteiger partial charge in [0.2, 0.25) is 11.8 Å². The quantitative estimate of drug-likeness (QED) is 0.678. The van der Waals surface area contributed by atoms with E-state index in [9.17, 15) is 0 Å². The van der Waals surface area contributed by atoms with E-state index in [2.05, 4.69) is 36.9 Å². The van der Waals surface area contributed by atoms with E-state index < -0.39 is 0 Å². The molecule has 2 saturated heterocycles. The summed E-state index contributed by atoms with van der Waals surface area (Å²) >= 11 is 0. The Morgan fingerprint density at radius 2 is 1.81 bits per heavy atom. The van der Waals surface area contributed by atoms with Crippen LogP contribution in [-0.2, 0) is 6.42 Å². The van der Waals surface area contributed by atoms with Crippen LogP contribution in [0, 0.1) is 11.8 Å². The van der Waals surface area contributed by atoms with Crippen molar-refractivity contribution in [1.82, 2.24) is 29.8 Å². The number of aromatic nitrogens is 6. The second-order valence-corrected chi connectivity index (χ2v) is 7.16. The van der Waals surface area contributed by atoms with Crippen molar-refractivity contribution in [2.75, 3.05) is 43.1 Å². The van der Waals surface area contributed by atoms with Crippen LogP contribution >= 0.6 is 0 Å². The fraction of sp³-hybridized carbons (Fsp3) is 0.500. The average Bonchev–Trinajstić information content (AvgIpc) is 3.40. The lowest BCUT2D eigenvalue weighted by molar-refractivity contribution is 0.397. The number of nitrogens with zero attached hydrogens (tertiary/aromatic N) is 8. The Morgan fingerprint density at radius 3 is 2.56 bits per heavy atom. The molecule has 9 heteroatoms. The highest BCUT2D eigenvalue weighted by Gasteiger charge is 2.41. The lowest BCUT2D eigenvalue weighted by Gasteiger charge is -2.22. The highest BCUT2D eigenvalue weighted by atomic mass is 16.5. The minimum Gasteiger partial charge on any atom is -0.481 e. The van der Waals surface area contributed by atoms with Gasteiger partial charge in [-0.15, -0.1) is 15.3 Å². The first-order chi connectivity index (χ1) is 13.2. The molecule has 5 heterocycles. The second-order valence-electron chi connectivity index (χ2n) is 7.16. The zero-order valence-electron chi connectivity index (χ0n) is 15.5. The van der Waals surface area contributed by atoms with Crippen molar-refractivity contribution in [3.05, 3.63) is 30.2 Å². The Bertz CT molecular complexity index is 959. The third-order valence-corrected chi connectivity index (χ3v) is 5.55. The molecular weight excluding hydrogens is 344 g/mol. The number of hydrogen-bond donors (Lipinski definition) is 0. The molecule has 0 spiro atoms. The number of ether oxygens (including phenoxy) is 1. The summed E-state index contributed by atoms with van der Waals surface area (Å²) in [7, 11) is 1.63. The van der Waals surface area contributed by atoms with Crippen molar-refractivity contribution >= 4 is 17.4 Å². The van der Waals surface area contributed by atoms with Gasteiger partial charge in [-0.3, -0.25) is 0 Å². The van der Waals surface area contributed by atoms with Gasteiger partial charge < -0.3 is 14.5 Å². The lowest BCUT2D eigenvalue weighted by Crippen LogP contribution is -2.30. The van der Waals surface area contributed by atoms with Gasteiger partial charge in [-0.25, -0.2) is 4.98 Å². The predicted molar refractivity (Wildman–Crippen MR) is 100 cm³/mol. The van der Waals surface area contributed by atoms with Crippen LogP contribution in [0.3, 0.4) is 0 Å². The Balaban J connectivity index is 1.32. The molecule has 0 bridgehead atoms. The maximum Gasteiger partial charge on any atom is 0.228 e. The molecule has 0 saturated carbocycles. The first-order valence-corrected chi connectivity index (χ1v) is 9.33. The van der Waals surface area contributed by atoms with Crippen molar-refractivity contribution < 1.29 is 4.74 Å². The molecule has 2 fully saturated rings. The molecule has 2 aliphatic rings. The molecule has 0 amide bonds. The summed E-state index contributed by atoms with van der Waals surface area (Å²) in [5, 5.41) is 13.1. The van der Waals surface area contributed by atoms with Crippen molar-refractivity contribution in [3.63, 3.8) is 0 Å². The minimum atomic E-state index is 0.587. The lowest BCUT2D eigenvalue weighted by atomic mass is 10.0. The molecule has 2 atom stereocenters. The van der Waals surface area contributed by atoms with E-state index in [4.69, 9.17) is 9.84 Å². The fourth-order valence-electron chi connectivity index (χ4n) is 4.15. The summed E-state index contributed by atoms with van der Waals surface area (Å²) in [6, 6.07) is 5.83. The zero-order valence-corrected chi connectivity index (χ0v) is 15.5. The maximum atomic E-state index is 5.22. The molecule has 2 unspecified atom stereocenters. The topological polar surface area (TPSA) is 84.6 Å². The summed E-state index contributed by atoms with van der Waals surface area (Å²) in [5.74, 6) is 4.43. The number of anilines is 2. The number of fused-ring (bicyclic) bond motifs is 2. The summed E-state index contributed by atoms with van der Waals surface area (Å²) < 4.78 is 7.08. The van der Waals surface area contributed by atoms with Crippen LogP contribution in [0.4, 0.5) is 11.8 Å². The molecule has 140 valence electrons. The minimum absolute atomic E-state index is 0.587. The van der Waals surface area contributed by atoms with Gasteiger partial charge in [-0.1, -0.05) is 6.92 Å². The molecule has 0 N–H and O–H groups in total. The van der Waals surface area contributed by atoms with Crippen molar-refractivity contribution in [3.8, 4) is 5.88 Å². The first-order valence-electron chi connectivity index (χ1n) is 9.33. The van der Waals surface area contributed by atoms with Crippen molar-refractivity contribution in [2.45, 2.75) is 13.3 Å². The van der Waals surface area contributed by atoms with Gasteiger partial charge in [-0.05, 0) is 12.1 Å². The van der Waals surface area contributed by atoms with Crippen LogP contribution in [0.25, 0.3) is 5.65 Å². The Kier molecular flexibility index (Phi) is 3.80. The van der Waals surface area contributed by atoms with Crippen LogP contribution in [0.15, 0.2) is 24.4 Å². The molecule has 0 aliphatic carbocycles. The highest BCUT2D eigenvalue weighted by Crippen LogP contribution is 2.34. The van der Waals surface area contributed by atoms with Crippen LogP contribution in [-0.4, -0.2) is 63.1 Å². The monoisotopic (exact) mass is 366 g/mol. The third kappa shape index (κ3) is 2.73.